The van der Waals surface area contributed by atoms with Crippen LogP contribution in [-0.4, -0.2) is 48.9 Å². The quantitative estimate of drug-likeness (QED) is 0.794. The summed E-state index contributed by atoms with van der Waals surface area (Å²) in [5, 5.41) is 9.13. The van der Waals surface area contributed by atoms with E-state index in [0.717, 1.165) is 24.8 Å². The van der Waals surface area contributed by atoms with Gasteiger partial charge in [0.1, 0.15) is 0 Å². The van der Waals surface area contributed by atoms with Gasteiger partial charge < -0.3 is 5.11 Å². The minimum absolute atomic E-state index is 0.00210. The van der Waals surface area contributed by atoms with Gasteiger partial charge >= 0.3 is 0 Å². The number of aliphatic hydroxyl groups excluding tert-OH is 1. The van der Waals surface area contributed by atoms with Crippen molar-refractivity contribution in [2.75, 3.05) is 26.7 Å². The average molecular weight is 326 g/mol. The van der Waals surface area contributed by atoms with E-state index in [1.165, 1.54) is 9.87 Å². The third-order valence-corrected chi connectivity index (χ3v) is 6.21. The molecule has 0 aromatic heterocycles. The Morgan fingerprint density at radius 2 is 2.00 bits per heavy atom. The maximum absolute atomic E-state index is 12.9. The van der Waals surface area contributed by atoms with E-state index < -0.39 is 10.2 Å². The topological polar surface area (TPSA) is 60.9 Å². The third kappa shape index (κ3) is 3.51. The minimum Gasteiger partial charge on any atom is -0.396 e. The molecule has 1 aliphatic carbocycles. The van der Waals surface area contributed by atoms with Crippen LogP contribution in [0.3, 0.4) is 0 Å². The SMILES string of the molecule is CCCN(C)S(=O)(=O)N(CCCO)C1CCc2ccccc21. The van der Waals surface area contributed by atoms with E-state index in [9.17, 15) is 8.42 Å². The molecular weight excluding hydrogens is 300 g/mol. The van der Waals surface area contributed by atoms with Crippen molar-refractivity contribution in [3.8, 4) is 0 Å². The highest BCUT2D eigenvalue weighted by atomic mass is 32.2. The summed E-state index contributed by atoms with van der Waals surface area (Å²) in [6.45, 7) is 2.82. The number of nitrogens with zero attached hydrogens (tertiary/aromatic N) is 2. The zero-order chi connectivity index (χ0) is 16.2. The predicted octanol–water partition coefficient (Wildman–Crippen LogP) is 1.94. The lowest BCUT2D eigenvalue weighted by Crippen LogP contribution is -2.44. The van der Waals surface area contributed by atoms with Crippen LogP contribution >= 0.6 is 0 Å². The molecule has 0 amide bonds. The lowest BCUT2D eigenvalue weighted by Gasteiger charge is -2.32. The van der Waals surface area contributed by atoms with E-state index in [4.69, 9.17) is 5.11 Å². The first-order valence-corrected chi connectivity index (χ1v) is 9.33. The second-order valence-electron chi connectivity index (χ2n) is 5.77. The molecule has 1 aliphatic rings. The van der Waals surface area contributed by atoms with Gasteiger partial charge in [0.2, 0.25) is 0 Å². The standard InChI is InChI=1S/C16H26N2O3S/c1-3-11-17(2)22(20,21)18(12-6-13-19)16-10-9-14-7-4-5-8-15(14)16/h4-5,7-8,16,19H,3,6,9-13H2,1-2H3. The van der Waals surface area contributed by atoms with Crippen molar-refractivity contribution in [2.24, 2.45) is 0 Å². The Labute approximate surface area is 133 Å². The van der Waals surface area contributed by atoms with Gasteiger partial charge in [-0.1, -0.05) is 31.2 Å². The molecule has 1 unspecified atom stereocenters. The monoisotopic (exact) mass is 326 g/mol. The molecule has 6 heteroatoms. The molecule has 1 atom stereocenters. The van der Waals surface area contributed by atoms with Crippen molar-refractivity contribution in [1.82, 2.24) is 8.61 Å². The Balaban J connectivity index is 2.31. The fourth-order valence-electron chi connectivity index (χ4n) is 3.10. The van der Waals surface area contributed by atoms with Crippen molar-refractivity contribution >= 4 is 10.2 Å². The Bertz CT molecular complexity index is 589. The van der Waals surface area contributed by atoms with E-state index in [1.807, 2.05) is 25.1 Å². The zero-order valence-electron chi connectivity index (χ0n) is 13.4. The normalized spacial score (nSPS) is 18.1. The fraction of sp³-hybridized carbons (Fsp3) is 0.625. The molecule has 2 rings (SSSR count). The largest absolute Gasteiger partial charge is 0.396 e. The number of rotatable bonds is 8. The summed E-state index contributed by atoms with van der Waals surface area (Å²) in [7, 11) is -1.88. The molecular formula is C16H26N2O3S. The van der Waals surface area contributed by atoms with Crippen LogP contribution in [0.5, 0.6) is 0 Å². The van der Waals surface area contributed by atoms with Gasteiger partial charge in [0.15, 0.2) is 0 Å². The van der Waals surface area contributed by atoms with Crippen LogP contribution in [-0.2, 0) is 16.6 Å². The number of benzene rings is 1. The molecule has 0 heterocycles. The van der Waals surface area contributed by atoms with Crippen LogP contribution in [0.2, 0.25) is 0 Å². The van der Waals surface area contributed by atoms with E-state index in [2.05, 4.69) is 6.07 Å². The van der Waals surface area contributed by atoms with Gasteiger partial charge in [-0.25, -0.2) is 0 Å². The molecule has 0 bridgehead atoms. The van der Waals surface area contributed by atoms with Gasteiger partial charge in [0, 0.05) is 26.7 Å². The van der Waals surface area contributed by atoms with Gasteiger partial charge in [-0.15, -0.1) is 0 Å². The van der Waals surface area contributed by atoms with Crippen LogP contribution in [0.1, 0.15) is 43.4 Å². The smallest absolute Gasteiger partial charge is 0.282 e. The molecule has 0 aliphatic heterocycles. The van der Waals surface area contributed by atoms with E-state index >= 15 is 0 Å². The summed E-state index contributed by atoms with van der Waals surface area (Å²) < 4.78 is 28.8. The molecule has 0 spiro atoms. The highest BCUT2D eigenvalue weighted by Gasteiger charge is 2.36. The molecule has 22 heavy (non-hydrogen) atoms. The Morgan fingerprint density at radius 3 is 2.68 bits per heavy atom. The predicted molar refractivity (Wildman–Crippen MR) is 87.8 cm³/mol. The lowest BCUT2D eigenvalue weighted by atomic mass is 10.1. The molecule has 1 N–H and O–H groups in total. The van der Waals surface area contributed by atoms with Gasteiger partial charge in [-0.3, -0.25) is 0 Å². The van der Waals surface area contributed by atoms with Crippen molar-refractivity contribution in [3.63, 3.8) is 0 Å². The molecule has 0 saturated carbocycles. The summed E-state index contributed by atoms with van der Waals surface area (Å²) in [6.07, 6.45) is 2.95. The summed E-state index contributed by atoms with van der Waals surface area (Å²) >= 11 is 0. The van der Waals surface area contributed by atoms with Crippen molar-refractivity contribution in [1.29, 1.82) is 0 Å². The van der Waals surface area contributed by atoms with E-state index in [-0.39, 0.29) is 12.6 Å². The van der Waals surface area contributed by atoms with Crippen LogP contribution in [0.15, 0.2) is 24.3 Å². The fourth-order valence-corrected chi connectivity index (χ4v) is 4.77. The Hall–Kier alpha value is -0.950. The highest BCUT2D eigenvalue weighted by molar-refractivity contribution is 7.86. The third-order valence-electron chi connectivity index (χ3n) is 4.21. The molecule has 1 aromatic rings. The first-order chi connectivity index (χ1) is 10.5. The molecule has 0 radical (unpaired) electrons. The maximum atomic E-state index is 12.9. The number of aryl methyl sites for hydroxylation is 1. The van der Waals surface area contributed by atoms with E-state index in [0.29, 0.717) is 19.5 Å². The van der Waals surface area contributed by atoms with Gasteiger partial charge in [0.25, 0.3) is 10.2 Å². The van der Waals surface area contributed by atoms with Crippen molar-refractivity contribution in [2.45, 2.75) is 38.6 Å². The summed E-state index contributed by atoms with van der Waals surface area (Å²) in [6, 6.07) is 7.93. The highest BCUT2D eigenvalue weighted by Crippen LogP contribution is 2.37. The number of hydrogen-bond donors (Lipinski definition) is 1. The van der Waals surface area contributed by atoms with Crippen LogP contribution in [0, 0.1) is 0 Å². The van der Waals surface area contributed by atoms with Crippen LogP contribution < -0.4 is 0 Å². The summed E-state index contributed by atoms with van der Waals surface area (Å²) in [4.78, 5) is 0. The van der Waals surface area contributed by atoms with E-state index in [1.54, 1.807) is 11.4 Å². The van der Waals surface area contributed by atoms with Gasteiger partial charge in [0.05, 0.1) is 6.04 Å². The molecule has 5 nitrogen and oxygen atoms in total. The first kappa shape index (κ1) is 17.4. The summed E-state index contributed by atoms with van der Waals surface area (Å²) in [5.41, 5.74) is 2.34. The average Bonchev–Trinajstić information content (AvgIpc) is 2.92. The molecule has 0 fully saturated rings. The Kier molecular flexibility index (Phi) is 5.97. The maximum Gasteiger partial charge on any atom is 0.282 e. The lowest BCUT2D eigenvalue weighted by molar-refractivity contribution is 0.241. The van der Waals surface area contributed by atoms with Crippen LogP contribution in [0.25, 0.3) is 0 Å². The van der Waals surface area contributed by atoms with Crippen LogP contribution in [0.4, 0.5) is 0 Å². The van der Waals surface area contributed by atoms with Crippen molar-refractivity contribution < 1.29 is 13.5 Å². The second-order valence-corrected chi connectivity index (χ2v) is 7.76. The first-order valence-electron chi connectivity index (χ1n) is 7.94. The van der Waals surface area contributed by atoms with Gasteiger partial charge in [-0.2, -0.15) is 17.0 Å². The van der Waals surface area contributed by atoms with Crippen molar-refractivity contribution in [3.05, 3.63) is 35.4 Å². The molecule has 1 aromatic carbocycles. The Morgan fingerprint density at radius 1 is 1.27 bits per heavy atom. The second kappa shape index (κ2) is 7.55. The summed E-state index contributed by atoms with van der Waals surface area (Å²) in [5.74, 6) is 0. The number of hydrogen-bond acceptors (Lipinski definition) is 3. The van der Waals surface area contributed by atoms with Gasteiger partial charge in [-0.05, 0) is 36.8 Å². The zero-order valence-corrected chi connectivity index (χ0v) is 14.2. The minimum atomic E-state index is -3.51. The molecule has 0 saturated heterocycles. The number of fused-ring (bicyclic) bond motifs is 1. The number of aliphatic hydroxyl groups is 1. The molecule has 124 valence electrons.